The molecule has 1 amide bonds. The maximum absolute atomic E-state index is 12.1. The van der Waals surface area contributed by atoms with Gasteiger partial charge in [-0.2, -0.15) is 0 Å². The number of nitrogens with zero attached hydrogens (tertiary/aromatic N) is 1. The second-order valence-corrected chi connectivity index (χ2v) is 6.67. The average molecular weight is 383 g/mol. The predicted octanol–water partition coefficient (Wildman–Crippen LogP) is 2.97. The van der Waals surface area contributed by atoms with Crippen LogP contribution in [0.1, 0.15) is 25.3 Å². The number of ether oxygens (including phenoxy) is 1. The lowest BCUT2D eigenvalue weighted by Gasteiger charge is -2.30. The lowest BCUT2D eigenvalue weighted by Crippen LogP contribution is -2.41. The number of piperidine rings is 1. The monoisotopic (exact) mass is 382 g/mol. The molecule has 0 atom stereocenters. The summed E-state index contributed by atoms with van der Waals surface area (Å²) < 4.78 is 6.08. The molecule has 0 spiro atoms. The Labute approximate surface area is 145 Å². The van der Waals surface area contributed by atoms with Gasteiger partial charge in [0.25, 0.3) is 0 Å². The Morgan fingerprint density at radius 2 is 2.04 bits per heavy atom. The van der Waals surface area contributed by atoms with Gasteiger partial charge in [-0.3, -0.25) is 14.5 Å². The van der Waals surface area contributed by atoms with Crippen LogP contribution in [-0.2, 0) is 14.3 Å². The molecule has 126 valence electrons. The first-order valence-electron chi connectivity index (χ1n) is 7.94. The van der Waals surface area contributed by atoms with Crippen molar-refractivity contribution < 1.29 is 14.3 Å². The minimum absolute atomic E-state index is 0.0246. The molecular weight excluding hydrogens is 360 g/mol. The third-order valence-corrected chi connectivity index (χ3v) is 4.91. The van der Waals surface area contributed by atoms with Crippen molar-refractivity contribution in [2.45, 2.75) is 26.7 Å². The summed E-state index contributed by atoms with van der Waals surface area (Å²) >= 11 is 3.44. The molecule has 2 rings (SSSR count). The normalized spacial score (nSPS) is 16.1. The maximum Gasteiger partial charge on any atom is 0.309 e. The van der Waals surface area contributed by atoms with Crippen LogP contribution in [0.25, 0.3) is 0 Å². The minimum Gasteiger partial charge on any atom is -0.466 e. The summed E-state index contributed by atoms with van der Waals surface area (Å²) in [7, 11) is 0. The molecule has 1 aromatic carbocycles. The number of likely N-dealkylation sites (tertiary alicyclic amines) is 1. The van der Waals surface area contributed by atoms with E-state index in [-0.39, 0.29) is 17.8 Å². The molecule has 1 aliphatic heterocycles. The van der Waals surface area contributed by atoms with Gasteiger partial charge in [0.1, 0.15) is 0 Å². The quantitative estimate of drug-likeness (QED) is 0.795. The maximum atomic E-state index is 12.1. The summed E-state index contributed by atoms with van der Waals surface area (Å²) in [5.41, 5.74) is 1.88. The fourth-order valence-electron chi connectivity index (χ4n) is 2.71. The van der Waals surface area contributed by atoms with E-state index in [0.717, 1.165) is 41.7 Å². The van der Waals surface area contributed by atoms with E-state index in [1.807, 2.05) is 32.0 Å². The van der Waals surface area contributed by atoms with Crippen molar-refractivity contribution >= 4 is 33.5 Å². The highest BCUT2D eigenvalue weighted by Crippen LogP contribution is 2.21. The number of nitrogens with one attached hydrogen (secondary N) is 1. The first-order chi connectivity index (χ1) is 11.0. The third kappa shape index (κ3) is 5.32. The van der Waals surface area contributed by atoms with Crippen molar-refractivity contribution in [1.29, 1.82) is 0 Å². The van der Waals surface area contributed by atoms with Crippen LogP contribution in [0.15, 0.2) is 22.7 Å². The van der Waals surface area contributed by atoms with E-state index in [9.17, 15) is 9.59 Å². The van der Waals surface area contributed by atoms with Gasteiger partial charge in [-0.05, 0) is 63.5 Å². The average Bonchev–Trinajstić information content (AvgIpc) is 2.52. The third-order valence-electron chi connectivity index (χ3n) is 4.02. The minimum atomic E-state index is -0.109. The second-order valence-electron chi connectivity index (χ2n) is 5.81. The number of carbonyl (C=O) groups excluding carboxylic acids is 2. The summed E-state index contributed by atoms with van der Waals surface area (Å²) in [6.07, 6.45) is 1.51. The number of hydrogen-bond donors (Lipinski definition) is 1. The Morgan fingerprint density at radius 1 is 1.35 bits per heavy atom. The summed E-state index contributed by atoms with van der Waals surface area (Å²) in [5.74, 6) is -0.161. The van der Waals surface area contributed by atoms with Crippen LogP contribution in [0.2, 0.25) is 0 Å². The Morgan fingerprint density at radius 3 is 2.65 bits per heavy atom. The van der Waals surface area contributed by atoms with Crippen LogP contribution in [0.4, 0.5) is 5.69 Å². The molecule has 5 nitrogen and oxygen atoms in total. The Balaban J connectivity index is 1.78. The molecular formula is C17H23BrN2O3. The van der Waals surface area contributed by atoms with E-state index in [1.54, 1.807) is 0 Å². The molecule has 1 saturated heterocycles. The number of rotatable bonds is 5. The van der Waals surface area contributed by atoms with Crippen LogP contribution in [-0.4, -0.2) is 43.0 Å². The first-order valence-corrected chi connectivity index (χ1v) is 8.74. The molecule has 1 heterocycles. The van der Waals surface area contributed by atoms with Gasteiger partial charge in [-0.15, -0.1) is 0 Å². The van der Waals surface area contributed by atoms with Crippen molar-refractivity contribution in [1.82, 2.24) is 4.90 Å². The first kappa shape index (κ1) is 17.9. The number of aryl methyl sites for hydroxylation is 1. The van der Waals surface area contributed by atoms with Crippen molar-refractivity contribution in [3.05, 3.63) is 28.2 Å². The standard InChI is InChI=1S/C17H23BrN2O3/c1-3-23-17(22)13-6-8-20(9-7-13)11-16(21)19-14-4-5-15(18)12(2)10-14/h4-5,10,13H,3,6-9,11H2,1-2H3,(H,19,21). The van der Waals surface area contributed by atoms with Crippen LogP contribution < -0.4 is 5.32 Å². The Hall–Kier alpha value is -1.40. The van der Waals surface area contributed by atoms with Gasteiger partial charge in [-0.1, -0.05) is 15.9 Å². The summed E-state index contributed by atoms with van der Waals surface area (Å²) in [6.45, 7) is 6.08. The van der Waals surface area contributed by atoms with Crippen molar-refractivity contribution in [2.75, 3.05) is 31.6 Å². The van der Waals surface area contributed by atoms with Gasteiger partial charge >= 0.3 is 5.97 Å². The Kier molecular flexibility index (Phi) is 6.59. The lowest BCUT2D eigenvalue weighted by molar-refractivity contribution is -0.149. The van der Waals surface area contributed by atoms with Crippen molar-refractivity contribution in [3.63, 3.8) is 0 Å². The van der Waals surface area contributed by atoms with E-state index in [1.165, 1.54) is 0 Å². The number of amides is 1. The van der Waals surface area contributed by atoms with E-state index < -0.39 is 0 Å². The number of carbonyl (C=O) groups is 2. The van der Waals surface area contributed by atoms with Crippen LogP contribution in [0, 0.1) is 12.8 Å². The molecule has 6 heteroatoms. The van der Waals surface area contributed by atoms with E-state index in [2.05, 4.69) is 26.1 Å². The van der Waals surface area contributed by atoms with Crippen LogP contribution >= 0.6 is 15.9 Å². The molecule has 1 aliphatic rings. The zero-order chi connectivity index (χ0) is 16.8. The van der Waals surface area contributed by atoms with Gasteiger partial charge < -0.3 is 10.1 Å². The molecule has 0 aliphatic carbocycles. The molecule has 0 aromatic heterocycles. The summed E-state index contributed by atoms with van der Waals surface area (Å²) in [4.78, 5) is 25.9. The van der Waals surface area contributed by atoms with Crippen LogP contribution in [0.5, 0.6) is 0 Å². The number of benzene rings is 1. The molecule has 0 radical (unpaired) electrons. The fourth-order valence-corrected chi connectivity index (χ4v) is 2.96. The predicted molar refractivity (Wildman–Crippen MR) is 93.3 cm³/mol. The highest BCUT2D eigenvalue weighted by atomic mass is 79.9. The van der Waals surface area contributed by atoms with Gasteiger partial charge in [0.15, 0.2) is 0 Å². The van der Waals surface area contributed by atoms with Crippen LogP contribution in [0.3, 0.4) is 0 Å². The SMILES string of the molecule is CCOC(=O)C1CCN(CC(=O)Nc2ccc(Br)c(C)c2)CC1. The number of esters is 1. The molecule has 0 unspecified atom stereocenters. The fraction of sp³-hybridized carbons (Fsp3) is 0.529. The zero-order valence-electron chi connectivity index (χ0n) is 13.6. The topological polar surface area (TPSA) is 58.6 Å². The number of halogens is 1. The summed E-state index contributed by atoms with van der Waals surface area (Å²) in [6, 6.07) is 5.74. The van der Waals surface area contributed by atoms with E-state index in [0.29, 0.717) is 13.2 Å². The molecule has 0 bridgehead atoms. The van der Waals surface area contributed by atoms with E-state index >= 15 is 0 Å². The largest absolute Gasteiger partial charge is 0.466 e. The molecule has 1 fully saturated rings. The highest BCUT2D eigenvalue weighted by molar-refractivity contribution is 9.10. The van der Waals surface area contributed by atoms with E-state index in [4.69, 9.17) is 4.74 Å². The smallest absolute Gasteiger partial charge is 0.309 e. The highest BCUT2D eigenvalue weighted by Gasteiger charge is 2.26. The lowest BCUT2D eigenvalue weighted by atomic mass is 9.97. The van der Waals surface area contributed by atoms with Gasteiger partial charge in [-0.25, -0.2) is 0 Å². The summed E-state index contributed by atoms with van der Waals surface area (Å²) in [5, 5.41) is 2.92. The Bertz CT molecular complexity index is 569. The van der Waals surface area contributed by atoms with Crippen molar-refractivity contribution in [2.24, 2.45) is 5.92 Å². The second kappa shape index (κ2) is 8.45. The van der Waals surface area contributed by atoms with Gasteiger partial charge in [0.2, 0.25) is 5.91 Å². The number of anilines is 1. The molecule has 23 heavy (non-hydrogen) atoms. The van der Waals surface area contributed by atoms with Gasteiger partial charge in [0, 0.05) is 10.2 Å². The molecule has 0 saturated carbocycles. The number of hydrogen-bond acceptors (Lipinski definition) is 4. The van der Waals surface area contributed by atoms with Crippen molar-refractivity contribution in [3.8, 4) is 0 Å². The molecule has 1 N–H and O–H groups in total. The zero-order valence-corrected chi connectivity index (χ0v) is 15.2. The van der Waals surface area contributed by atoms with Gasteiger partial charge in [0.05, 0.1) is 19.1 Å². The molecule has 1 aromatic rings.